The Kier molecular flexibility index (Phi) is 2.06. The third-order valence-corrected chi connectivity index (χ3v) is 1.50. The molecule has 1 aromatic heterocycles. The molecule has 0 amide bonds. The van der Waals surface area contributed by atoms with E-state index in [1.54, 1.807) is 4.68 Å². The third kappa shape index (κ3) is 1.19. The topological polar surface area (TPSA) is 38.0 Å². The molecule has 1 rings (SSSR count). The van der Waals surface area contributed by atoms with Gasteiger partial charge < -0.3 is 5.11 Å². The Labute approximate surface area is 60.3 Å². The molecule has 0 spiro atoms. The number of rotatable bonds is 2. The molecule has 1 N–H and O–H groups in total. The molecular formula is C7H12N2O. The molecule has 3 nitrogen and oxygen atoms in total. The predicted molar refractivity (Wildman–Crippen MR) is 38.5 cm³/mol. The molecule has 0 aliphatic rings. The lowest BCUT2D eigenvalue weighted by molar-refractivity contribution is 0.280. The minimum atomic E-state index is 0.0943. The molecule has 10 heavy (non-hydrogen) atoms. The van der Waals surface area contributed by atoms with Gasteiger partial charge >= 0.3 is 0 Å². The standard InChI is InChI=1S/C7H12N2O/c1-3-7-6(5-10)4-9(2)8-7/h4,10H,3,5H2,1-2H3. The first kappa shape index (κ1) is 7.28. The zero-order valence-electron chi connectivity index (χ0n) is 6.33. The summed E-state index contributed by atoms with van der Waals surface area (Å²) in [6, 6.07) is 0. The van der Waals surface area contributed by atoms with E-state index in [0.717, 1.165) is 17.7 Å². The van der Waals surface area contributed by atoms with Crippen molar-refractivity contribution in [2.75, 3.05) is 0 Å². The summed E-state index contributed by atoms with van der Waals surface area (Å²) in [5.74, 6) is 0. The SMILES string of the molecule is CCc1nn(C)cc1CO. The van der Waals surface area contributed by atoms with E-state index in [9.17, 15) is 0 Å². The van der Waals surface area contributed by atoms with Crippen molar-refractivity contribution in [3.63, 3.8) is 0 Å². The number of aryl methyl sites for hydroxylation is 2. The molecule has 0 radical (unpaired) electrons. The Balaban J connectivity index is 2.96. The number of aliphatic hydroxyl groups excluding tert-OH is 1. The average molecular weight is 140 g/mol. The second kappa shape index (κ2) is 2.84. The fourth-order valence-electron chi connectivity index (χ4n) is 1.01. The van der Waals surface area contributed by atoms with E-state index in [-0.39, 0.29) is 6.61 Å². The maximum atomic E-state index is 8.81. The van der Waals surface area contributed by atoms with Crippen LogP contribution in [0, 0.1) is 0 Å². The molecule has 0 saturated carbocycles. The highest BCUT2D eigenvalue weighted by Gasteiger charge is 2.02. The van der Waals surface area contributed by atoms with Gasteiger partial charge in [-0.2, -0.15) is 5.10 Å². The molecule has 0 saturated heterocycles. The Morgan fingerprint density at radius 1 is 1.70 bits per heavy atom. The van der Waals surface area contributed by atoms with Crippen LogP contribution in [0.25, 0.3) is 0 Å². The first-order chi connectivity index (χ1) is 4.77. The van der Waals surface area contributed by atoms with Gasteiger partial charge in [-0.05, 0) is 6.42 Å². The molecule has 0 aromatic carbocycles. The van der Waals surface area contributed by atoms with Crippen molar-refractivity contribution in [3.05, 3.63) is 17.5 Å². The Bertz CT molecular complexity index is 196. The van der Waals surface area contributed by atoms with E-state index in [1.807, 2.05) is 20.2 Å². The Hall–Kier alpha value is -0.830. The van der Waals surface area contributed by atoms with Crippen molar-refractivity contribution >= 4 is 0 Å². The van der Waals surface area contributed by atoms with Crippen LogP contribution in [-0.2, 0) is 20.1 Å². The number of aromatic nitrogens is 2. The molecule has 0 unspecified atom stereocenters. The molecule has 1 aromatic rings. The third-order valence-electron chi connectivity index (χ3n) is 1.50. The van der Waals surface area contributed by atoms with Crippen LogP contribution in [0.15, 0.2) is 6.20 Å². The number of hydrogen-bond donors (Lipinski definition) is 1. The summed E-state index contributed by atoms with van der Waals surface area (Å²) in [7, 11) is 1.86. The van der Waals surface area contributed by atoms with Gasteiger partial charge in [-0.15, -0.1) is 0 Å². The van der Waals surface area contributed by atoms with E-state index in [4.69, 9.17) is 5.11 Å². The van der Waals surface area contributed by atoms with Crippen LogP contribution < -0.4 is 0 Å². The van der Waals surface area contributed by atoms with E-state index in [2.05, 4.69) is 5.10 Å². The van der Waals surface area contributed by atoms with Gasteiger partial charge in [0, 0.05) is 18.8 Å². The first-order valence-electron chi connectivity index (χ1n) is 3.40. The number of aliphatic hydroxyl groups is 1. The van der Waals surface area contributed by atoms with Gasteiger partial charge in [0.05, 0.1) is 12.3 Å². The highest BCUT2D eigenvalue weighted by atomic mass is 16.3. The molecule has 0 atom stereocenters. The van der Waals surface area contributed by atoms with Crippen molar-refractivity contribution in [3.8, 4) is 0 Å². The Morgan fingerprint density at radius 3 is 2.80 bits per heavy atom. The average Bonchev–Trinajstić information content (AvgIpc) is 2.30. The maximum Gasteiger partial charge on any atom is 0.0715 e. The normalized spacial score (nSPS) is 10.3. The molecule has 0 bridgehead atoms. The monoisotopic (exact) mass is 140 g/mol. The molecule has 3 heteroatoms. The van der Waals surface area contributed by atoms with Gasteiger partial charge in [-0.3, -0.25) is 4.68 Å². The lowest BCUT2D eigenvalue weighted by Gasteiger charge is -1.90. The predicted octanol–water partition coefficient (Wildman–Crippen LogP) is 0.475. The number of nitrogens with zero attached hydrogens (tertiary/aromatic N) is 2. The number of hydrogen-bond acceptors (Lipinski definition) is 2. The van der Waals surface area contributed by atoms with E-state index < -0.39 is 0 Å². The first-order valence-corrected chi connectivity index (χ1v) is 3.40. The van der Waals surface area contributed by atoms with Gasteiger partial charge in [-0.1, -0.05) is 6.92 Å². The molecule has 0 aliphatic heterocycles. The summed E-state index contributed by atoms with van der Waals surface area (Å²) in [5.41, 5.74) is 1.93. The summed E-state index contributed by atoms with van der Waals surface area (Å²) in [4.78, 5) is 0. The quantitative estimate of drug-likeness (QED) is 0.648. The summed E-state index contributed by atoms with van der Waals surface area (Å²) in [6.45, 7) is 2.12. The fraction of sp³-hybridized carbons (Fsp3) is 0.571. The Morgan fingerprint density at radius 2 is 2.40 bits per heavy atom. The van der Waals surface area contributed by atoms with Crippen LogP contribution >= 0.6 is 0 Å². The van der Waals surface area contributed by atoms with E-state index >= 15 is 0 Å². The lowest BCUT2D eigenvalue weighted by Crippen LogP contribution is -1.89. The zero-order valence-corrected chi connectivity index (χ0v) is 6.33. The summed E-state index contributed by atoms with van der Waals surface area (Å²) in [5, 5.41) is 13.0. The van der Waals surface area contributed by atoms with Gasteiger partial charge in [0.2, 0.25) is 0 Å². The van der Waals surface area contributed by atoms with Crippen LogP contribution in [0.2, 0.25) is 0 Å². The minimum absolute atomic E-state index is 0.0943. The van der Waals surface area contributed by atoms with Crippen LogP contribution in [0.5, 0.6) is 0 Å². The molecule has 56 valence electrons. The molecule has 0 fully saturated rings. The zero-order chi connectivity index (χ0) is 7.56. The highest BCUT2D eigenvalue weighted by Crippen LogP contribution is 2.05. The van der Waals surface area contributed by atoms with Crippen molar-refractivity contribution in [1.82, 2.24) is 9.78 Å². The van der Waals surface area contributed by atoms with E-state index in [1.165, 1.54) is 0 Å². The van der Waals surface area contributed by atoms with Gasteiger partial charge in [-0.25, -0.2) is 0 Å². The van der Waals surface area contributed by atoms with Crippen molar-refractivity contribution in [1.29, 1.82) is 0 Å². The lowest BCUT2D eigenvalue weighted by atomic mass is 10.2. The van der Waals surface area contributed by atoms with Gasteiger partial charge in [0.25, 0.3) is 0 Å². The summed E-state index contributed by atoms with van der Waals surface area (Å²) < 4.78 is 1.73. The van der Waals surface area contributed by atoms with Crippen LogP contribution in [-0.4, -0.2) is 14.9 Å². The second-order valence-corrected chi connectivity index (χ2v) is 2.29. The van der Waals surface area contributed by atoms with Crippen molar-refractivity contribution in [2.24, 2.45) is 7.05 Å². The van der Waals surface area contributed by atoms with Crippen LogP contribution in [0.1, 0.15) is 18.2 Å². The molecule has 1 heterocycles. The smallest absolute Gasteiger partial charge is 0.0715 e. The second-order valence-electron chi connectivity index (χ2n) is 2.29. The highest BCUT2D eigenvalue weighted by molar-refractivity contribution is 5.15. The molecule has 0 aliphatic carbocycles. The van der Waals surface area contributed by atoms with Gasteiger partial charge in [0.1, 0.15) is 0 Å². The maximum absolute atomic E-state index is 8.81. The van der Waals surface area contributed by atoms with Crippen molar-refractivity contribution in [2.45, 2.75) is 20.0 Å². The van der Waals surface area contributed by atoms with Crippen LogP contribution in [0.4, 0.5) is 0 Å². The van der Waals surface area contributed by atoms with Crippen LogP contribution in [0.3, 0.4) is 0 Å². The molecular weight excluding hydrogens is 128 g/mol. The van der Waals surface area contributed by atoms with E-state index in [0.29, 0.717) is 0 Å². The minimum Gasteiger partial charge on any atom is -0.392 e. The summed E-state index contributed by atoms with van der Waals surface area (Å²) >= 11 is 0. The summed E-state index contributed by atoms with van der Waals surface area (Å²) in [6.07, 6.45) is 2.73. The fourth-order valence-corrected chi connectivity index (χ4v) is 1.01. The van der Waals surface area contributed by atoms with Gasteiger partial charge in [0.15, 0.2) is 0 Å². The largest absolute Gasteiger partial charge is 0.392 e. The van der Waals surface area contributed by atoms with Crippen molar-refractivity contribution < 1.29 is 5.11 Å².